The SMILES string of the molecule is CC(=O)N1CCN(C(=O)Cc2ccc(C)cc2)CC1. The third kappa shape index (κ3) is 3.56. The quantitative estimate of drug-likeness (QED) is 0.802. The first kappa shape index (κ1) is 13.6. The third-order valence-electron chi connectivity index (χ3n) is 3.55. The van der Waals surface area contributed by atoms with Crippen LogP contribution in [0.1, 0.15) is 18.1 Å². The van der Waals surface area contributed by atoms with E-state index in [1.807, 2.05) is 36.1 Å². The number of carbonyl (C=O) groups excluding carboxylic acids is 2. The fourth-order valence-corrected chi connectivity index (χ4v) is 2.26. The zero-order valence-electron chi connectivity index (χ0n) is 11.6. The molecule has 1 heterocycles. The van der Waals surface area contributed by atoms with Crippen molar-refractivity contribution in [3.05, 3.63) is 35.4 Å². The molecule has 0 bridgehead atoms. The Labute approximate surface area is 114 Å². The average molecular weight is 260 g/mol. The van der Waals surface area contributed by atoms with Crippen LogP contribution in [0.3, 0.4) is 0 Å². The number of amides is 2. The number of benzene rings is 1. The number of hydrogen-bond acceptors (Lipinski definition) is 2. The minimum atomic E-state index is 0.0885. The Morgan fingerprint density at radius 2 is 1.53 bits per heavy atom. The zero-order chi connectivity index (χ0) is 13.8. The van der Waals surface area contributed by atoms with Gasteiger partial charge in [0.1, 0.15) is 0 Å². The Morgan fingerprint density at radius 1 is 1.00 bits per heavy atom. The molecule has 0 saturated carbocycles. The molecule has 19 heavy (non-hydrogen) atoms. The molecule has 1 aromatic carbocycles. The smallest absolute Gasteiger partial charge is 0.227 e. The van der Waals surface area contributed by atoms with Crippen molar-refractivity contribution in [1.29, 1.82) is 0 Å². The van der Waals surface area contributed by atoms with E-state index in [0.717, 1.165) is 5.56 Å². The van der Waals surface area contributed by atoms with Gasteiger partial charge in [-0.3, -0.25) is 9.59 Å². The molecular formula is C15H20N2O2. The van der Waals surface area contributed by atoms with Gasteiger partial charge >= 0.3 is 0 Å². The summed E-state index contributed by atoms with van der Waals surface area (Å²) in [6.45, 7) is 6.19. The first-order valence-corrected chi connectivity index (χ1v) is 6.65. The predicted molar refractivity (Wildman–Crippen MR) is 73.7 cm³/mol. The van der Waals surface area contributed by atoms with Crippen LogP contribution in [0.15, 0.2) is 24.3 Å². The lowest BCUT2D eigenvalue weighted by Crippen LogP contribution is -2.50. The van der Waals surface area contributed by atoms with Crippen LogP contribution in [0.25, 0.3) is 0 Å². The second-order valence-electron chi connectivity index (χ2n) is 5.05. The number of aryl methyl sites for hydroxylation is 1. The fourth-order valence-electron chi connectivity index (χ4n) is 2.26. The van der Waals surface area contributed by atoms with E-state index < -0.39 is 0 Å². The molecule has 4 nitrogen and oxygen atoms in total. The van der Waals surface area contributed by atoms with Gasteiger partial charge in [-0.1, -0.05) is 29.8 Å². The monoisotopic (exact) mass is 260 g/mol. The summed E-state index contributed by atoms with van der Waals surface area (Å²) >= 11 is 0. The molecule has 1 aromatic rings. The minimum Gasteiger partial charge on any atom is -0.339 e. The summed E-state index contributed by atoms with van der Waals surface area (Å²) in [6.07, 6.45) is 0.445. The van der Waals surface area contributed by atoms with E-state index in [9.17, 15) is 9.59 Å². The number of carbonyl (C=O) groups is 2. The Bertz CT molecular complexity index is 460. The highest BCUT2D eigenvalue weighted by Gasteiger charge is 2.22. The van der Waals surface area contributed by atoms with Crippen LogP contribution in [-0.4, -0.2) is 47.8 Å². The van der Waals surface area contributed by atoms with Gasteiger partial charge in [-0.05, 0) is 12.5 Å². The third-order valence-corrected chi connectivity index (χ3v) is 3.55. The molecule has 0 N–H and O–H groups in total. The number of nitrogens with zero attached hydrogens (tertiary/aromatic N) is 2. The first-order chi connectivity index (χ1) is 9.06. The van der Waals surface area contributed by atoms with E-state index in [1.165, 1.54) is 5.56 Å². The van der Waals surface area contributed by atoms with E-state index in [1.54, 1.807) is 11.8 Å². The Kier molecular flexibility index (Phi) is 4.20. The molecule has 0 radical (unpaired) electrons. The van der Waals surface area contributed by atoms with Gasteiger partial charge in [0, 0.05) is 33.1 Å². The fraction of sp³-hybridized carbons (Fsp3) is 0.467. The Morgan fingerprint density at radius 3 is 2.05 bits per heavy atom. The molecule has 2 rings (SSSR count). The van der Waals surface area contributed by atoms with Crippen molar-refractivity contribution in [3.63, 3.8) is 0 Å². The summed E-state index contributed by atoms with van der Waals surface area (Å²) in [6, 6.07) is 8.05. The van der Waals surface area contributed by atoms with E-state index >= 15 is 0 Å². The van der Waals surface area contributed by atoms with E-state index in [4.69, 9.17) is 0 Å². The predicted octanol–water partition coefficient (Wildman–Crippen LogP) is 1.23. The van der Waals surface area contributed by atoms with E-state index in [0.29, 0.717) is 32.6 Å². The van der Waals surface area contributed by atoms with Gasteiger partial charge in [-0.15, -0.1) is 0 Å². The van der Waals surface area contributed by atoms with Crippen LogP contribution in [-0.2, 0) is 16.0 Å². The maximum atomic E-state index is 12.2. The molecular weight excluding hydrogens is 240 g/mol. The van der Waals surface area contributed by atoms with Gasteiger partial charge in [0.2, 0.25) is 11.8 Å². The van der Waals surface area contributed by atoms with Gasteiger partial charge < -0.3 is 9.80 Å². The molecule has 1 saturated heterocycles. The zero-order valence-corrected chi connectivity index (χ0v) is 11.6. The maximum absolute atomic E-state index is 12.2. The van der Waals surface area contributed by atoms with Gasteiger partial charge in [-0.25, -0.2) is 0 Å². The minimum absolute atomic E-state index is 0.0885. The molecule has 0 aliphatic carbocycles. The van der Waals surface area contributed by atoms with Crippen molar-refractivity contribution in [2.75, 3.05) is 26.2 Å². The topological polar surface area (TPSA) is 40.6 Å². The molecule has 1 fully saturated rings. The molecule has 0 spiro atoms. The van der Waals surface area contributed by atoms with Gasteiger partial charge in [0.05, 0.1) is 6.42 Å². The standard InChI is InChI=1S/C15H20N2O2/c1-12-3-5-14(6-4-12)11-15(19)17-9-7-16(8-10-17)13(2)18/h3-6H,7-11H2,1-2H3. The summed E-state index contributed by atoms with van der Waals surface area (Å²) in [5.41, 5.74) is 2.25. The number of piperazine rings is 1. The highest BCUT2D eigenvalue weighted by molar-refractivity contribution is 5.79. The molecule has 102 valence electrons. The number of rotatable bonds is 2. The summed E-state index contributed by atoms with van der Waals surface area (Å²) in [7, 11) is 0. The normalized spacial score (nSPS) is 15.5. The van der Waals surface area contributed by atoms with Crippen molar-refractivity contribution in [2.24, 2.45) is 0 Å². The molecule has 1 aliphatic heterocycles. The molecule has 0 atom stereocenters. The number of hydrogen-bond donors (Lipinski definition) is 0. The van der Waals surface area contributed by atoms with Crippen molar-refractivity contribution in [3.8, 4) is 0 Å². The van der Waals surface area contributed by atoms with Crippen LogP contribution in [0.5, 0.6) is 0 Å². The van der Waals surface area contributed by atoms with E-state index in [2.05, 4.69) is 0 Å². The summed E-state index contributed by atoms with van der Waals surface area (Å²) < 4.78 is 0. The first-order valence-electron chi connectivity index (χ1n) is 6.65. The van der Waals surface area contributed by atoms with Crippen LogP contribution < -0.4 is 0 Å². The van der Waals surface area contributed by atoms with Crippen LogP contribution in [0.4, 0.5) is 0 Å². The molecule has 2 amide bonds. The summed E-state index contributed by atoms with van der Waals surface area (Å²) in [5.74, 6) is 0.234. The summed E-state index contributed by atoms with van der Waals surface area (Å²) in [5, 5.41) is 0. The van der Waals surface area contributed by atoms with Crippen molar-refractivity contribution in [1.82, 2.24) is 9.80 Å². The molecule has 1 aliphatic rings. The van der Waals surface area contributed by atoms with Gasteiger partial charge in [0.15, 0.2) is 0 Å². The van der Waals surface area contributed by atoms with Gasteiger partial charge in [-0.2, -0.15) is 0 Å². The van der Waals surface area contributed by atoms with Crippen LogP contribution in [0, 0.1) is 6.92 Å². The van der Waals surface area contributed by atoms with E-state index in [-0.39, 0.29) is 11.8 Å². The second kappa shape index (κ2) is 5.87. The second-order valence-corrected chi connectivity index (χ2v) is 5.05. The maximum Gasteiger partial charge on any atom is 0.227 e. The lowest BCUT2D eigenvalue weighted by atomic mass is 10.1. The Balaban J connectivity index is 1.88. The Hall–Kier alpha value is -1.84. The highest BCUT2D eigenvalue weighted by Crippen LogP contribution is 2.08. The van der Waals surface area contributed by atoms with Crippen molar-refractivity contribution < 1.29 is 9.59 Å². The lowest BCUT2D eigenvalue weighted by molar-refractivity contribution is -0.138. The van der Waals surface area contributed by atoms with Crippen molar-refractivity contribution in [2.45, 2.75) is 20.3 Å². The molecule has 4 heteroatoms. The van der Waals surface area contributed by atoms with Crippen LogP contribution >= 0.6 is 0 Å². The van der Waals surface area contributed by atoms with Gasteiger partial charge in [0.25, 0.3) is 0 Å². The largest absolute Gasteiger partial charge is 0.339 e. The summed E-state index contributed by atoms with van der Waals surface area (Å²) in [4.78, 5) is 27.0. The highest BCUT2D eigenvalue weighted by atomic mass is 16.2. The lowest BCUT2D eigenvalue weighted by Gasteiger charge is -2.34. The molecule has 0 aromatic heterocycles. The van der Waals surface area contributed by atoms with Crippen molar-refractivity contribution >= 4 is 11.8 Å². The average Bonchev–Trinajstić information content (AvgIpc) is 2.41. The van der Waals surface area contributed by atoms with Crippen LogP contribution in [0.2, 0.25) is 0 Å². The molecule has 0 unspecified atom stereocenters.